The molecule has 9 heteroatoms. The SMILES string of the molecule is CN(C1CCN(c2ccc(N3CCOCC3=O)cc2)C1=O)S(C)(=O)=O. The molecule has 2 saturated heterocycles. The van der Waals surface area contributed by atoms with Gasteiger partial charge in [0.1, 0.15) is 12.6 Å². The number of nitrogens with zero attached hydrogens (tertiary/aromatic N) is 3. The Morgan fingerprint density at radius 2 is 1.68 bits per heavy atom. The van der Waals surface area contributed by atoms with Gasteiger partial charge in [-0.1, -0.05) is 0 Å². The second-order valence-electron chi connectivity index (χ2n) is 6.19. The van der Waals surface area contributed by atoms with Crippen LogP contribution >= 0.6 is 0 Å². The fourth-order valence-electron chi connectivity index (χ4n) is 3.09. The summed E-state index contributed by atoms with van der Waals surface area (Å²) in [6, 6.07) is 6.46. The van der Waals surface area contributed by atoms with E-state index < -0.39 is 16.1 Å². The van der Waals surface area contributed by atoms with Crippen LogP contribution in [0.15, 0.2) is 24.3 Å². The zero-order valence-electron chi connectivity index (χ0n) is 14.2. The van der Waals surface area contributed by atoms with E-state index in [2.05, 4.69) is 0 Å². The largest absolute Gasteiger partial charge is 0.370 e. The van der Waals surface area contributed by atoms with Crippen molar-refractivity contribution in [3.8, 4) is 0 Å². The first-order valence-electron chi connectivity index (χ1n) is 8.01. The van der Waals surface area contributed by atoms with Gasteiger partial charge in [0.2, 0.25) is 15.9 Å². The van der Waals surface area contributed by atoms with E-state index in [1.54, 1.807) is 34.1 Å². The van der Waals surface area contributed by atoms with E-state index in [-0.39, 0.29) is 18.4 Å². The number of benzene rings is 1. The lowest BCUT2D eigenvalue weighted by atomic mass is 10.2. The molecule has 0 N–H and O–H groups in total. The molecule has 3 rings (SSSR count). The summed E-state index contributed by atoms with van der Waals surface area (Å²) in [5.41, 5.74) is 1.45. The van der Waals surface area contributed by atoms with E-state index in [1.807, 2.05) is 0 Å². The van der Waals surface area contributed by atoms with Crippen molar-refractivity contribution in [1.82, 2.24) is 4.31 Å². The Morgan fingerprint density at radius 3 is 2.24 bits per heavy atom. The zero-order valence-corrected chi connectivity index (χ0v) is 15.0. The minimum Gasteiger partial charge on any atom is -0.370 e. The zero-order chi connectivity index (χ0) is 18.2. The van der Waals surface area contributed by atoms with Gasteiger partial charge in [-0.2, -0.15) is 4.31 Å². The standard InChI is InChI=1S/C16H21N3O5S/c1-17(25(2,22)23)14-7-8-19(16(14)21)13-5-3-12(4-6-13)18-9-10-24-11-15(18)20/h3-6,14H,7-11H2,1-2H3. The third-order valence-electron chi connectivity index (χ3n) is 4.60. The molecule has 0 aromatic heterocycles. The van der Waals surface area contributed by atoms with Crippen molar-refractivity contribution in [2.75, 3.05) is 49.4 Å². The molecule has 2 fully saturated rings. The number of hydrogen-bond donors (Lipinski definition) is 0. The molecule has 8 nitrogen and oxygen atoms in total. The van der Waals surface area contributed by atoms with Crippen LogP contribution in [0.25, 0.3) is 0 Å². The van der Waals surface area contributed by atoms with Gasteiger partial charge in [-0.15, -0.1) is 0 Å². The maximum atomic E-state index is 12.6. The summed E-state index contributed by atoms with van der Waals surface area (Å²) in [7, 11) is -2.00. The predicted octanol–water partition coefficient (Wildman–Crippen LogP) is 0.0465. The van der Waals surface area contributed by atoms with Crippen LogP contribution in [0.2, 0.25) is 0 Å². The summed E-state index contributed by atoms with van der Waals surface area (Å²) >= 11 is 0. The molecule has 1 atom stereocenters. The molecule has 0 saturated carbocycles. The number of anilines is 2. The van der Waals surface area contributed by atoms with Crippen LogP contribution in [0.1, 0.15) is 6.42 Å². The molecular formula is C16H21N3O5S. The molecule has 2 heterocycles. The van der Waals surface area contributed by atoms with Gasteiger partial charge in [-0.25, -0.2) is 8.42 Å². The van der Waals surface area contributed by atoms with Crippen LogP contribution in [-0.2, 0) is 24.3 Å². The van der Waals surface area contributed by atoms with Gasteiger partial charge < -0.3 is 14.5 Å². The van der Waals surface area contributed by atoms with Crippen molar-refractivity contribution in [3.05, 3.63) is 24.3 Å². The summed E-state index contributed by atoms with van der Waals surface area (Å²) < 4.78 is 29.6. The lowest BCUT2D eigenvalue weighted by Gasteiger charge is -2.27. The highest BCUT2D eigenvalue weighted by atomic mass is 32.2. The molecule has 2 aliphatic heterocycles. The van der Waals surface area contributed by atoms with Crippen LogP contribution in [-0.4, -0.2) is 70.2 Å². The summed E-state index contributed by atoms with van der Waals surface area (Å²) in [6.07, 6.45) is 1.54. The molecule has 0 bridgehead atoms. The molecule has 2 amide bonds. The number of hydrogen-bond acceptors (Lipinski definition) is 5. The van der Waals surface area contributed by atoms with Crippen LogP contribution < -0.4 is 9.80 Å². The fraction of sp³-hybridized carbons (Fsp3) is 0.500. The van der Waals surface area contributed by atoms with E-state index in [0.29, 0.717) is 31.8 Å². The van der Waals surface area contributed by atoms with E-state index in [4.69, 9.17) is 4.74 Å². The number of carbonyl (C=O) groups excluding carboxylic acids is 2. The Balaban J connectivity index is 1.75. The average molecular weight is 367 g/mol. The van der Waals surface area contributed by atoms with Crippen molar-refractivity contribution >= 4 is 33.2 Å². The molecule has 1 unspecified atom stereocenters. The first-order chi connectivity index (χ1) is 11.8. The molecule has 1 aromatic carbocycles. The molecule has 25 heavy (non-hydrogen) atoms. The molecular weight excluding hydrogens is 346 g/mol. The van der Waals surface area contributed by atoms with Crippen LogP contribution in [0.3, 0.4) is 0 Å². The number of carbonyl (C=O) groups is 2. The Kier molecular flexibility index (Phi) is 4.81. The van der Waals surface area contributed by atoms with Gasteiger partial charge in [-0.3, -0.25) is 9.59 Å². The summed E-state index contributed by atoms with van der Waals surface area (Å²) in [4.78, 5) is 27.7. The smallest absolute Gasteiger partial charge is 0.253 e. The highest BCUT2D eigenvalue weighted by Crippen LogP contribution is 2.27. The number of rotatable bonds is 4. The van der Waals surface area contributed by atoms with E-state index in [9.17, 15) is 18.0 Å². The van der Waals surface area contributed by atoms with E-state index in [1.165, 1.54) is 7.05 Å². The number of likely N-dealkylation sites (N-methyl/N-ethyl adjacent to an activating group) is 1. The fourth-order valence-corrected chi connectivity index (χ4v) is 3.75. The highest BCUT2D eigenvalue weighted by Gasteiger charge is 2.38. The second kappa shape index (κ2) is 6.74. The highest BCUT2D eigenvalue weighted by molar-refractivity contribution is 7.88. The van der Waals surface area contributed by atoms with Crippen molar-refractivity contribution in [2.24, 2.45) is 0 Å². The van der Waals surface area contributed by atoms with E-state index in [0.717, 1.165) is 16.2 Å². The first kappa shape index (κ1) is 17.8. The topological polar surface area (TPSA) is 87.2 Å². The van der Waals surface area contributed by atoms with E-state index >= 15 is 0 Å². The van der Waals surface area contributed by atoms with Gasteiger partial charge >= 0.3 is 0 Å². The van der Waals surface area contributed by atoms with Crippen LogP contribution in [0.4, 0.5) is 11.4 Å². The van der Waals surface area contributed by atoms with Crippen molar-refractivity contribution in [2.45, 2.75) is 12.5 Å². The van der Waals surface area contributed by atoms with Crippen molar-refractivity contribution in [3.63, 3.8) is 0 Å². The van der Waals surface area contributed by atoms with Gasteiger partial charge in [0.05, 0.1) is 12.9 Å². The summed E-state index contributed by atoms with van der Waals surface area (Å²) in [6.45, 7) is 1.53. The Bertz CT molecular complexity index is 777. The normalized spacial score (nSPS) is 22.1. The second-order valence-corrected chi connectivity index (χ2v) is 8.23. The van der Waals surface area contributed by atoms with Crippen molar-refractivity contribution < 1.29 is 22.7 Å². The minimum atomic E-state index is -3.42. The number of morpholine rings is 1. The summed E-state index contributed by atoms with van der Waals surface area (Å²) in [5, 5.41) is 0. The van der Waals surface area contributed by atoms with Gasteiger partial charge in [-0.05, 0) is 30.7 Å². The lowest BCUT2D eigenvalue weighted by molar-refractivity contribution is -0.125. The maximum Gasteiger partial charge on any atom is 0.253 e. The van der Waals surface area contributed by atoms with Crippen molar-refractivity contribution in [1.29, 1.82) is 0 Å². The molecule has 0 spiro atoms. The lowest BCUT2D eigenvalue weighted by Crippen LogP contribution is -2.42. The molecule has 0 aliphatic carbocycles. The third-order valence-corrected chi connectivity index (χ3v) is 5.90. The van der Waals surface area contributed by atoms with Crippen LogP contribution in [0, 0.1) is 0 Å². The molecule has 0 radical (unpaired) electrons. The third kappa shape index (κ3) is 3.53. The number of ether oxygens (including phenoxy) is 1. The van der Waals surface area contributed by atoms with Gasteiger partial charge in [0, 0.05) is 31.5 Å². The monoisotopic (exact) mass is 367 g/mol. The summed E-state index contributed by atoms with van der Waals surface area (Å²) in [5.74, 6) is -0.325. The first-order valence-corrected chi connectivity index (χ1v) is 9.86. The van der Waals surface area contributed by atoms with Gasteiger partial charge in [0.25, 0.3) is 5.91 Å². The maximum absolute atomic E-state index is 12.6. The Morgan fingerprint density at radius 1 is 1.08 bits per heavy atom. The molecule has 2 aliphatic rings. The minimum absolute atomic E-state index is 0.0753. The Labute approximate surface area is 147 Å². The molecule has 1 aromatic rings. The predicted molar refractivity (Wildman–Crippen MR) is 93.0 cm³/mol. The number of amides is 2. The average Bonchev–Trinajstić information content (AvgIpc) is 2.95. The van der Waals surface area contributed by atoms with Crippen LogP contribution in [0.5, 0.6) is 0 Å². The van der Waals surface area contributed by atoms with Gasteiger partial charge in [0.15, 0.2) is 0 Å². The quantitative estimate of drug-likeness (QED) is 0.750. The Hall–Kier alpha value is -1.97. The molecule has 136 valence electrons. The number of sulfonamides is 1.